The molecule has 0 bridgehead atoms. The number of hydrogen-bond donors (Lipinski definition) is 3. The first-order valence-corrected chi connectivity index (χ1v) is 9.83. The molecule has 1 aliphatic heterocycles. The maximum absolute atomic E-state index is 12.1. The number of halogens is 1. The fourth-order valence-electron chi connectivity index (χ4n) is 3.32. The highest BCUT2D eigenvalue weighted by molar-refractivity contribution is 6.33. The second-order valence-electron chi connectivity index (χ2n) is 6.81. The summed E-state index contributed by atoms with van der Waals surface area (Å²) in [5.74, 6) is 0. The quantitative estimate of drug-likeness (QED) is 0.680. The third-order valence-corrected chi connectivity index (χ3v) is 5.09. The van der Waals surface area contributed by atoms with Crippen molar-refractivity contribution in [2.45, 2.75) is 31.8 Å². The highest BCUT2D eigenvalue weighted by Gasteiger charge is 2.14. The third-order valence-electron chi connectivity index (χ3n) is 4.79. The first kappa shape index (κ1) is 19.5. The lowest BCUT2D eigenvalue weighted by molar-refractivity contribution is 0.167. The van der Waals surface area contributed by atoms with E-state index in [0.717, 1.165) is 24.3 Å². The number of piperidine rings is 1. The average molecular weight is 388 g/mol. The number of aliphatic hydroxyl groups is 1. The number of nitrogens with one attached hydrogen (secondary N) is 2. The number of rotatable bonds is 6. The molecule has 2 aromatic carbocycles. The fraction of sp³-hybridized carbons (Fsp3) is 0.381. The van der Waals surface area contributed by atoms with Crippen molar-refractivity contribution in [1.82, 2.24) is 5.32 Å². The number of carbonyl (C=O) groups excluding carboxylic acids is 1. The molecule has 2 aromatic rings. The van der Waals surface area contributed by atoms with E-state index in [0.29, 0.717) is 23.7 Å². The number of benzene rings is 2. The number of hydrogen-bond acceptors (Lipinski definition) is 3. The Morgan fingerprint density at radius 2 is 1.85 bits per heavy atom. The molecule has 27 heavy (non-hydrogen) atoms. The minimum absolute atomic E-state index is 0.308. The van der Waals surface area contributed by atoms with Crippen LogP contribution in [0.3, 0.4) is 0 Å². The van der Waals surface area contributed by atoms with Crippen LogP contribution in [0.4, 0.5) is 16.2 Å². The number of anilines is 2. The van der Waals surface area contributed by atoms with Crippen molar-refractivity contribution in [3.05, 3.63) is 59.1 Å². The molecule has 0 aromatic heterocycles. The van der Waals surface area contributed by atoms with Gasteiger partial charge in [0.1, 0.15) is 0 Å². The van der Waals surface area contributed by atoms with E-state index in [1.165, 1.54) is 19.3 Å². The molecule has 1 saturated heterocycles. The van der Waals surface area contributed by atoms with Crippen LogP contribution in [0.2, 0.25) is 5.02 Å². The lowest BCUT2D eigenvalue weighted by Crippen LogP contribution is -2.31. The van der Waals surface area contributed by atoms with Crippen molar-refractivity contribution in [2.75, 3.05) is 29.9 Å². The summed E-state index contributed by atoms with van der Waals surface area (Å²) in [7, 11) is 0. The first-order chi connectivity index (χ1) is 13.1. The summed E-state index contributed by atoms with van der Waals surface area (Å²) in [4.78, 5) is 14.4. The van der Waals surface area contributed by atoms with Gasteiger partial charge in [-0.2, -0.15) is 0 Å². The van der Waals surface area contributed by atoms with Gasteiger partial charge >= 0.3 is 6.03 Å². The van der Waals surface area contributed by atoms with Crippen LogP contribution in [-0.2, 0) is 0 Å². The standard InChI is InChI=1S/C21H26ClN3O2/c22-18-15-17(9-10-19(18)25-13-5-2-6-14-25)24-21(27)23-12-11-20(26)16-7-3-1-4-8-16/h1,3-4,7-10,15,20,26H,2,5-6,11-14H2,(H2,23,24,27)/t20-/m0/s1. The van der Waals surface area contributed by atoms with Gasteiger partial charge in [0.25, 0.3) is 0 Å². The third kappa shape index (κ3) is 5.62. The van der Waals surface area contributed by atoms with Crippen LogP contribution in [0.25, 0.3) is 0 Å². The van der Waals surface area contributed by atoms with Gasteiger partial charge in [-0.25, -0.2) is 4.79 Å². The number of nitrogens with zero attached hydrogens (tertiary/aromatic N) is 1. The molecule has 1 fully saturated rings. The predicted octanol–water partition coefficient (Wildman–Crippen LogP) is 4.58. The molecule has 3 rings (SSSR count). The van der Waals surface area contributed by atoms with E-state index in [1.54, 1.807) is 6.07 Å². The molecule has 1 atom stereocenters. The van der Waals surface area contributed by atoms with E-state index in [4.69, 9.17) is 11.6 Å². The Labute approximate surface area is 165 Å². The molecule has 3 N–H and O–H groups in total. The van der Waals surface area contributed by atoms with Gasteiger partial charge in [0, 0.05) is 25.3 Å². The SMILES string of the molecule is O=C(NCC[C@H](O)c1ccccc1)Nc1ccc(N2CCCCC2)c(Cl)c1. The second-order valence-corrected chi connectivity index (χ2v) is 7.22. The number of carbonyl (C=O) groups is 1. The van der Waals surface area contributed by atoms with Gasteiger partial charge in [-0.15, -0.1) is 0 Å². The van der Waals surface area contributed by atoms with Crippen molar-refractivity contribution in [3.8, 4) is 0 Å². The first-order valence-electron chi connectivity index (χ1n) is 9.46. The molecule has 6 heteroatoms. The minimum atomic E-state index is -0.593. The van der Waals surface area contributed by atoms with E-state index < -0.39 is 6.10 Å². The Bertz CT molecular complexity index is 748. The summed E-state index contributed by atoms with van der Waals surface area (Å²) in [6, 6.07) is 14.7. The van der Waals surface area contributed by atoms with Gasteiger partial charge in [0.2, 0.25) is 0 Å². The zero-order valence-electron chi connectivity index (χ0n) is 15.3. The van der Waals surface area contributed by atoms with E-state index in [9.17, 15) is 9.90 Å². The summed E-state index contributed by atoms with van der Waals surface area (Å²) in [6.45, 7) is 2.43. The number of aliphatic hydroxyl groups excluding tert-OH is 1. The lowest BCUT2D eigenvalue weighted by atomic mass is 10.1. The molecule has 0 spiro atoms. The summed E-state index contributed by atoms with van der Waals surface area (Å²) < 4.78 is 0. The zero-order valence-corrected chi connectivity index (χ0v) is 16.1. The molecule has 5 nitrogen and oxygen atoms in total. The van der Waals surface area contributed by atoms with Crippen molar-refractivity contribution in [3.63, 3.8) is 0 Å². The molecule has 144 valence electrons. The minimum Gasteiger partial charge on any atom is -0.388 e. The molecule has 0 unspecified atom stereocenters. The summed E-state index contributed by atoms with van der Waals surface area (Å²) in [6.07, 6.45) is 3.50. The van der Waals surface area contributed by atoms with Crippen LogP contribution in [-0.4, -0.2) is 30.8 Å². The smallest absolute Gasteiger partial charge is 0.319 e. The maximum atomic E-state index is 12.1. The summed E-state index contributed by atoms with van der Waals surface area (Å²) in [5, 5.41) is 16.3. The van der Waals surface area contributed by atoms with Gasteiger partial charge in [0.05, 0.1) is 16.8 Å². The van der Waals surface area contributed by atoms with Crippen LogP contribution in [0.1, 0.15) is 37.4 Å². The van der Waals surface area contributed by atoms with E-state index in [1.807, 2.05) is 42.5 Å². The van der Waals surface area contributed by atoms with Gasteiger partial charge in [-0.05, 0) is 49.4 Å². The summed E-state index contributed by atoms with van der Waals surface area (Å²) >= 11 is 6.41. The van der Waals surface area contributed by atoms with Crippen molar-refractivity contribution in [2.24, 2.45) is 0 Å². The molecular weight excluding hydrogens is 362 g/mol. The highest BCUT2D eigenvalue weighted by Crippen LogP contribution is 2.30. The van der Waals surface area contributed by atoms with Gasteiger partial charge < -0.3 is 20.6 Å². The molecule has 0 saturated carbocycles. The number of amides is 2. The Hall–Kier alpha value is -2.24. The monoisotopic (exact) mass is 387 g/mol. The van der Waals surface area contributed by atoms with E-state index in [2.05, 4.69) is 15.5 Å². The highest BCUT2D eigenvalue weighted by atomic mass is 35.5. The molecule has 0 radical (unpaired) electrons. The normalized spacial score (nSPS) is 15.3. The Morgan fingerprint density at radius 3 is 2.56 bits per heavy atom. The second kappa shape index (κ2) is 9.62. The van der Waals surface area contributed by atoms with Crippen molar-refractivity contribution >= 4 is 29.0 Å². The fourth-order valence-corrected chi connectivity index (χ4v) is 3.62. The maximum Gasteiger partial charge on any atom is 0.319 e. The molecular formula is C21H26ClN3O2. The Balaban J connectivity index is 1.47. The Kier molecular flexibility index (Phi) is 6.96. The van der Waals surface area contributed by atoms with E-state index in [-0.39, 0.29) is 6.03 Å². The van der Waals surface area contributed by atoms with Crippen LogP contribution >= 0.6 is 11.6 Å². The topological polar surface area (TPSA) is 64.6 Å². The summed E-state index contributed by atoms with van der Waals surface area (Å²) in [5.41, 5.74) is 2.52. The van der Waals surface area contributed by atoms with Gasteiger partial charge in [0.15, 0.2) is 0 Å². The van der Waals surface area contributed by atoms with Gasteiger partial charge in [-0.1, -0.05) is 41.9 Å². The zero-order chi connectivity index (χ0) is 19.1. The van der Waals surface area contributed by atoms with Crippen molar-refractivity contribution in [1.29, 1.82) is 0 Å². The van der Waals surface area contributed by atoms with Crippen LogP contribution < -0.4 is 15.5 Å². The lowest BCUT2D eigenvalue weighted by Gasteiger charge is -2.29. The largest absolute Gasteiger partial charge is 0.388 e. The Morgan fingerprint density at radius 1 is 1.11 bits per heavy atom. The molecule has 0 aliphatic carbocycles. The predicted molar refractivity (Wildman–Crippen MR) is 111 cm³/mol. The van der Waals surface area contributed by atoms with E-state index >= 15 is 0 Å². The molecule has 1 aliphatic rings. The number of urea groups is 1. The van der Waals surface area contributed by atoms with Crippen molar-refractivity contribution < 1.29 is 9.90 Å². The van der Waals surface area contributed by atoms with Crippen LogP contribution in [0.5, 0.6) is 0 Å². The molecule has 2 amide bonds. The van der Waals surface area contributed by atoms with Gasteiger partial charge in [-0.3, -0.25) is 0 Å². The molecule has 1 heterocycles. The average Bonchev–Trinajstić information content (AvgIpc) is 2.69. The van der Waals surface area contributed by atoms with Crippen LogP contribution in [0, 0.1) is 0 Å². The van der Waals surface area contributed by atoms with Crippen LogP contribution in [0.15, 0.2) is 48.5 Å².